The minimum Gasteiger partial charge on any atom is -0.361 e. The van der Waals surface area contributed by atoms with E-state index in [1.807, 2.05) is 30.3 Å². The zero-order valence-corrected chi connectivity index (χ0v) is 15.7. The Kier molecular flexibility index (Phi) is 5.54. The number of hydrogen-bond acceptors (Lipinski definition) is 2. The molecule has 4 rings (SSSR count). The molecule has 27 heavy (non-hydrogen) atoms. The van der Waals surface area contributed by atoms with Crippen molar-refractivity contribution >= 4 is 22.5 Å². The van der Waals surface area contributed by atoms with E-state index in [9.17, 15) is 4.79 Å². The molecule has 1 fully saturated rings. The second-order valence-electron chi connectivity index (χ2n) is 7.53. The Balaban J connectivity index is 1.21. The van der Waals surface area contributed by atoms with Crippen molar-refractivity contribution in [2.45, 2.75) is 32.2 Å². The van der Waals surface area contributed by atoms with E-state index < -0.39 is 0 Å². The molecular weight excluding hydrogens is 334 g/mol. The van der Waals surface area contributed by atoms with Crippen LogP contribution in [-0.4, -0.2) is 28.9 Å². The normalized spacial score (nSPS) is 15.9. The Hall–Kier alpha value is -2.59. The Morgan fingerprint density at radius 3 is 2.59 bits per heavy atom. The predicted molar refractivity (Wildman–Crippen MR) is 111 cm³/mol. The van der Waals surface area contributed by atoms with Crippen LogP contribution in [0.1, 0.15) is 31.2 Å². The molecule has 0 bridgehead atoms. The SMILES string of the molecule is O=C(CCC1CCN(Cc2c[nH]c3ccccc23)CC1)Nc1ccccc1. The molecule has 0 spiro atoms. The van der Waals surface area contributed by atoms with Gasteiger partial charge in [0, 0.05) is 35.8 Å². The Labute approximate surface area is 160 Å². The van der Waals surface area contributed by atoms with Gasteiger partial charge in [-0.25, -0.2) is 0 Å². The number of likely N-dealkylation sites (tertiary alicyclic amines) is 1. The number of anilines is 1. The first kappa shape index (κ1) is 17.8. The van der Waals surface area contributed by atoms with Crippen LogP contribution < -0.4 is 5.32 Å². The summed E-state index contributed by atoms with van der Waals surface area (Å²) >= 11 is 0. The Bertz CT molecular complexity index is 879. The molecule has 1 saturated heterocycles. The molecule has 4 nitrogen and oxygen atoms in total. The standard InChI is InChI=1S/C23H27N3O/c27-23(25-20-6-2-1-3-7-20)11-10-18-12-14-26(15-13-18)17-19-16-24-22-9-5-4-8-21(19)22/h1-9,16,18,24H,10-15,17H2,(H,25,27). The summed E-state index contributed by atoms with van der Waals surface area (Å²) in [5.41, 5.74) is 3.48. The van der Waals surface area contributed by atoms with Gasteiger partial charge in [0.25, 0.3) is 0 Å². The zero-order valence-electron chi connectivity index (χ0n) is 15.7. The summed E-state index contributed by atoms with van der Waals surface area (Å²) in [7, 11) is 0. The number of rotatable bonds is 6. The number of H-pyrrole nitrogens is 1. The molecule has 1 aliphatic heterocycles. The van der Waals surface area contributed by atoms with Gasteiger partial charge in [0.2, 0.25) is 5.91 Å². The maximum atomic E-state index is 12.1. The lowest BCUT2D eigenvalue weighted by Gasteiger charge is -2.31. The van der Waals surface area contributed by atoms with Gasteiger partial charge in [-0.15, -0.1) is 0 Å². The number of carbonyl (C=O) groups excluding carboxylic acids is 1. The number of benzene rings is 2. The molecule has 1 amide bonds. The van der Waals surface area contributed by atoms with Crippen LogP contribution in [0.15, 0.2) is 60.8 Å². The van der Waals surface area contributed by atoms with Crippen LogP contribution >= 0.6 is 0 Å². The minimum atomic E-state index is 0.127. The predicted octanol–water partition coefficient (Wildman–Crippen LogP) is 4.80. The van der Waals surface area contributed by atoms with E-state index in [1.54, 1.807) is 0 Å². The summed E-state index contributed by atoms with van der Waals surface area (Å²) in [6.45, 7) is 3.24. The van der Waals surface area contributed by atoms with Gasteiger partial charge in [0.1, 0.15) is 0 Å². The average molecular weight is 361 g/mol. The first-order chi connectivity index (χ1) is 13.3. The smallest absolute Gasteiger partial charge is 0.224 e. The number of aromatic nitrogens is 1. The third-order valence-electron chi connectivity index (χ3n) is 5.61. The van der Waals surface area contributed by atoms with E-state index in [2.05, 4.69) is 45.7 Å². The lowest BCUT2D eigenvalue weighted by molar-refractivity contribution is -0.116. The monoisotopic (exact) mass is 361 g/mol. The molecule has 2 aromatic carbocycles. The van der Waals surface area contributed by atoms with Crippen molar-refractivity contribution < 1.29 is 4.79 Å². The lowest BCUT2D eigenvalue weighted by Crippen LogP contribution is -2.33. The van der Waals surface area contributed by atoms with Gasteiger partial charge in [-0.05, 0) is 62.0 Å². The van der Waals surface area contributed by atoms with Crippen LogP contribution in [0.4, 0.5) is 5.69 Å². The average Bonchev–Trinajstić information content (AvgIpc) is 3.11. The van der Waals surface area contributed by atoms with E-state index in [0.717, 1.165) is 31.7 Å². The highest BCUT2D eigenvalue weighted by atomic mass is 16.1. The molecule has 0 radical (unpaired) electrons. The van der Waals surface area contributed by atoms with Gasteiger partial charge < -0.3 is 10.3 Å². The maximum absolute atomic E-state index is 12.1. The third kappa shape index (κ3) is 4.58. The van der Waals surface area contributed by atoms with Crippen LogP contribution in [0.2, 0.25) is 0 Å². The summed E-state index contributed by atoms with van der Waals surface area (Å²) < 4.78 is 0. The quantitative estimate of drug-likeness (QED) is 0.662. The third-order valence-corrected chi connectivity index (χ3v) is 5.61. The molecule has 4 heteroatoms. The van der Waals surface area contributed by atoms with Crippen molar-refractivity contribution in [3.05, 3.63) is 66.4 Å². The topological polar surface area (TPSA) is 48.1 Å². The number of amides is 1. The van der Waals surface area contributed by atoms with Gasteiger partial charge in [0.05, 0.1) is 0 Å². The summed E-state index contributed by atoms with van der Waals surface area (Å²) in [5, 5.41) is 4.31. The number of para-hydroxylation sites is 2. The molecule has 1 aromatic heterocycles. The fraction of sp³-hybridized carbons (Fsp3) is 0.348. The van der Waals surface area contributed by atoms with Crippen molar-refractivity contribution in [1.29, 1.82) is 0 Å². The van der Waals surface area contributed by atoms with Gasteiger partial charge in [-0.1, -0.05) is 36.4 Å². The van der Waals surface area contributed by atoms with Crippen LogP contribution in [0.5, 0.6) is 0 Å². The molecule has 0 aliphatic carbocycles. The number of nitrogens with zero attached hydrogens (tertiary/aromatic N) is 1. The van der Waals surface area contributed by atoms with Crippen molar-refractivity contribution in [2.75, 3.05) is 18.4 Å². The number of aromatic amines is 1. The van der Waals surface area contributed by atoms with Gasteiger partial charge in [-0.3, -0.25) is 9.69 Å². The van der Waals surface area contributed by atoms with E-state index in [0.29, 0.717) is 12.3 Å². The number of fused-ring (bicyclic) bond motifs is 1. The molecule has 2 N–H and O–H groups in total. The summed E-state index contributed by atoms with van der Waals surface area (Å²) in [6.07, 6.45) is 6.11. The van der Waals surface area contributed by atoms with Gasteiger partial charge in [0.15, 0.2) is 0 Å². The maximum Gasteiger partial charge on any atom is 0.224 e. The number of hydrogen-bond donors (Lipinski definition) is 2. The zero-order chi connectivity index (χ0) is 18.5. The fourth-order valence-corrected chi connectivity index (χ4v) is 4.02. The molecule has 3 aromatic rings. The molecule has 0 atom stereocenters. The summed E-state index contributed by atoms with van der Waals surface area (Å²) in [6, 6.07) is 18.2. The Morgan fingerprint density at radius 2 is 1.78 bits per heavy atom. The largest absolute Gasteiger partial charge is 0.361 e. The number of nitrogens with one attached hydrogen (secondary N) is 2. The lowest BCUT2D eigenvalue weighted by atomic mass is 9.92. The van der Waals surface area contributed by atoms with E-state index >= 15 is 0 Å². The molecule has 0 saturated carbocycles. The Morgan fingerprint density at radius 1 is 1.04 bits per heavy atom. The van der Waals surface area contributed by atoms with Gasteiger partial charge >= 0.3 is 0 Å². The summed E-state index contributed by atoms with van der Waals surface area (Å²) in [5.74, 6) is 0.785. The molecule has 1 aliphatic rings. The number of carbonyl (C=O) groups is 1. The highest BCUT2D eigenvalue weighted by molar-refractivity contribution is 5.90. The highest BCUT2D eigenvalue weighted by Crippen LogP contribution is 2.25. The molecule has 2 heterocycles. The van der Waals surface area contributed by atoms with Crippen LogP contribution in [0, 0.1) is 5.92 Å². The van der Waals surface area contributed by atoms with Crippen molar-refractivity contribution in [3.63, 3.8) is 0 Å². The van der Waals surface area contributed by atoms with Crippen LogP contribution in [0.25, 0.3) is 10.9 Å². The molecule has 0 unspecified atom stereocenters. The molecule has 140 valence electrons. The summed E-state index contributed by atoms with van der Waals surface area (Å²) in [4.78, 5) is 18.0. The van der Waals surface area contributed by atoms with Crippen LogP contribution in [0.3, 0.4) is 0 Å². The molecular formula is C23H27N3O. The van der Waals surface area contributed by atoms with Crippen molar-refractivity contribution in [1.82, 2.24) is 9.88 Å². The first-order valence-corrected chi connectivity index (χ1v) is 9.90. The number of piperidine rings is 1. The van der Waals surface area contributed by atoms with Crippen molar-refractivity contribution in [3.8, 4) is 0 Å². The van der Waals surface area contributed by atoms with E-state index in [1.165, 1.54) is 29.3 Å². The second kappa shape index (κ2) is 8.40. The fourth-order valence-electron chi connectivity index (χ4n) is 4.02. The van der Waals surface area contributed by atoms with E-state index in [4.69, 9.17) is 0 Å². The first-order valence-electron chi connectivity index (χ1n) is 9.90. The van der Waals surface area contributed by atoms with Crippen LogP contribution in [-0.2, 0) is 11.3 Å². The highest BCUT2D eigenvalue weighted by Gasteiger charge is 2.20. The second-order valence-corrected chi connectivity index (χ2v) is 7.53. The van der Waals surface area contributed by atoms with Crippen molar-refractivity contribution in [2.24, 2.45) is 5.92 Å². The van der Waals surface area contributed by atoms with Gasteiger partial charge in [-0.2, -0.15) is 0 Å². The minimum absolute atomic E-state index is 0.127. The van der Waals surface area contributed by atoms with E-state index in [-0.39, 0.29) is 5.91 Å².